The molecule has 2 aromatic carbocycles. The van der Waals surface area contributed by atoms with Crippen LogP contribution in [-0.4, -0.2) is 29.9 Å². The predicted molar refractivity (Wildman–Crippen MR) is 116 cm³/mol. The topological polar surface area (TPSA) is 90.3 Å². The van der Waals surface area contributed by atoms with Gasteiger partial charge in [-0.25, -0.2) is 15.8 Å². The molecule has 6 nitrogen and oxygen atoms in total. The van der Waals surface area contributed by atoms with E-state index < -0.39 is 0 Å². The number of hydrazine groups is 1. The number of nitrogen functional groups attached to an aromatic ring is 1. The van der Waals surface area contributed by atoms with E-state index in [4.69, 9.17) is 16.3 Å². The van der Waals surface area contributed by atoms with Crippen LogP contribution in [0, 0.1) is 0 Å². The Morgan fingerprint density at radius 2 is 1.93 bits per heavy atom. The number of rotatable bonds is 5. The average Bonchev–Trinajstić information content (AvgIpc) is 3.16. The van der Waals surface area contributed by atoms with Crippen molar-refractivity contribution in [2.45, 2.75) is 13.0 Å². The van der Waals surface area contributed by atoms with Crippen molar-refractivity contribution in [3.63, 3.8) is 0 Å². The van der Waals surface area contributed by atoms with E-state index in [1.165, 1.54) is 10.9 Å². The van der Waals surface area contributed by atoms with Gasteiger partial charge in [0.05, 0.1) is 25.0 Å². The summed E-state index contributed by atoms with van der Waals surface area (Å²) in [5.41, 5.74) is 10.1. The van der Waals surface area contributed by atoms with Gasteiger partial charge in [-0.1, -0.05) is 44.3 Å². The van der Waals surface area contributed by atoms with Gasteiger partial charge in [-0.2, -0.15) is 0 Å². The zero-order valence-corrected chi connectivity index (χ0v) is 17.0. The monoisotopic (exact) mass is 393 g/mol. The van der Waals surface area contributed by atoms with Gasteiger partial charge in [-0.05, 0) is 35.8 Å². The van der Waals surface area contributed by atoms with Crippen LogP contribution in [-0.2, 0) is 13.0 Å². The van der Waals surface area contributed by atoms with Gasteiger partial charge in [0.25, 0.3) is 0 Å². The fourth-order valence-corrected chi connectivity index (χ4v) is 4.02. The lowest BCUT2D eigenvalue weighted by molar-refractivity contribution is 0.357. The fourth-order valence-electron chi connectivity index (χ4n) is 3.28. The van der Waals surface area contributed by atoms with Crippen molar-refractivity contribution in [2.24, 2.45) is 5.84 Å². The number of anilines is 2. The van der Waals surface area contributed by atoms with Crippen molar-refractivity contribution in [2.75, 3.05) is 30.7 Å². The minimum Gasteiger partial charge on any atom is -0.493 e. The van der Waals surface area contributed by atoms with Gasteiger partial charge >= 0.3 is 0 Å². The molecule has 0 unspecified atom stereocenters. The molecule has 0 saturated heterocycles. The summed E-state index contributed by atoms with van der Waals surface area (Å²) >= 11 is 0. The summed E-state index contributed by atoms with van der Waals surface area (Å²) < 4.78 is 5.56. The number of hydrogen-bond donors (Lipinski definition) is 2. The van der Waals surface area contributed by atoms with Crippen LogP contribution in [0.25, 0.3) is 11.3 Å². The van der Waals surface area contributed by atoms with Crippen LogP contribution in [0.1, 0.15) is 11.1 Å². The molecule has 0 radical (unpaired) electrons. The minimum absolute atomic E-state index is 0.122. The highest BCUT2D eigenvalue weighted by molar-refractivity contribution is 7.64. The van der Waals surface area contributed by atoms with Crippen molar-refractivity contribution in [1.29, 1.82) is 0 Å². The lowest BCUT2D eigenvalue weighted by atomic mass is 10.1. The molecule has 0 bridgehead atoms. The second kappa shape index (κ2) is 7.74. The van der Waals surface area contributed by atoms with Crippen LogP contribution in [0.2, 0.25) is 0 Å². The molecule has 2 heterocycles. The number of benzene rings is 2. The number of nitrogens with zero attached hydrogens (tertiary/aromatic N) is 3. The highest BCUT2D eigenvalue weighted by atomic mass is 31.1. The first-order valence-electron chi connectivity index (χ1n) is 9.18. The summed E-state index contributed by atoms with van der Waals surface area (Å²) in [6, 6.07) is 14.6. The summed E-state index contributed by atoms with van der Waals surface area (Å²) in [5.74, 6) is 8.06. The third-order valence-electron chi connectivity index (χ3n) is 4.84. The maximum Gasteiger partial charge on any atom is 0.186 e. The Morgan fingerprint density at radius 3 is 2.68 bits per heavy atom. The maximum absolute atomic E-state index is 6.31. The van der Waals surface area contributed by atoms with Crippen LogP contribution in [0.15, 0.2) is 48.7 Å². The Morgan fingerprint density at radius 1 is 1.14 bits per heavy atom. The number of fused-ring (bicyclic) bond motifs is 1. The Balaban J connectivity index is 1.57. The van der Waals surface area contributed by atoms with Crippen molar-refractivity contribution < 1.29 is 4.74 Å². The van der Waals surface area contributed by atoms with Crippen LogP contribution in [0.3, 0.4) is 0 Å². The highest BCUT2D eigenvalue weighted by Crippen LogP contribution is 2.29. The minimum atomic E-state index is -0.122. The van der Waals surface area contributed by atoms with Gasteiger partial charge in [0.2, 0.25) is 0 Å². The summed E-state index contributed by atoms with van der Waals surface area (Å²) in [5, 5.41) is 2.90. The molecule has 3 aromatic rings. The normalized spacial score (nSPS) is 12.7. The Kier molecular flexibility index (Phi) is 5.16. The zero-order valence-electron chi connectivity index (χ0n) is 16.1. The van der Waals surface area contributed by atoms with Crippen LogP contribution < -0.4 is 26.6 Å². The molecule has 144 valence electrons. The molecule has 4 N–H and O–H groups in total. The molecule has 0 atom stereocenters. The van der Waals surface area contributed by atoms with Crippen molar-refractivity contribution >= 4 is 24.9 Å². The first-order valence-corrected chi connectivity index (χ1v) is 11.4. The summed E-state index contributed by atoms with van der Waals surface area (Å²) in [6.45, 7) is 5.71. The van der Waals surface area contributed by atoms with Crippen LogP contribution in [0.5, 0.6) is 5.75 Å². The van der Waals surface area contributed by atoms with Gasteiger partial charge in [-0.15, -0.1) is 0 Å². The average molecular weight is 393 g/mol. The zero-order chi connectivity index (χ0) is 19.7. The lowest BCUT2D eigenvalue weighted by Crippen LogP contribution is -2.32. The lowest BCUT2D eigenvalue weighted by Gasteiger charge is -2.20. The molecule has 0 aliphatic carbocycles. The smallest absolute Gasteiger partial charge is 0.186 e. The number of ether oxygens (including phenoxy) is 1. The Labute approximate surface area is 166 Å². The van der Waals surface area contributed by atoms with E-state index >= 15 is 0 Å². The molecular formula is C21H24N5OP. The van der Waals surface area contributed by atoms with E-state index in [0.717, 1.165) is 35.6 Å². The first kappa shape index (κ1) is 18.7. The molecule has 0 spiro atoms. The summed E-state index contributed by atoms with van der Waals surface area (Å²) in [7, 11) is -0.122. The number of aromatic nitrogens is 2. The fraction of sp³-hybridized carbons (Fsp3) is 0.238. The summed E-state index contributed by atoms with van der Waals surface area (Å²) in [6.07, 6.45) is 2.62. The molecule has 0 fully saturated rings. The first-order chi connectivity index (χ1) is 13.5. The highest BCUT2D eigenvalue weighted by Gasteiger charge is 2.15. The number of hydrogen-bond acceptors (Lipinski definition) is 6. The van der Waals surface area contributed by atoms with Crippen molar-refractivity contribution in [3.05, 3.63) is 59.8 Å². The molecule has 0 saturated carbocycles. The molecular weight excluding hydrogens is 369 g/mol. The Bertz CT molecular complexity index is 991. The third kappa shape index (κ3) is 3.79. The molecule has 0 amide bonds. The van der Waals surface area contributed by atoms with E-state index in [2.05, 4.69) is 53.6 Å². The molecule has 4 rings (SSSR count). The van der Waals surface area contributed by atoms with Crippen molar-refractivity contribution in [1.82, 2.24) is 9.97 Å². The molecule has 7 heteroatoms. The van der Waals surface area contributed by atoms with Crippen molar-refractivity contribution in [3.8, 4) is 17.0 Å². The van der Waals surface area contributed by atoms with Crippen LogP contribution >= 0.6 is 7.92 Å². The van der Waals surface area contributed by atoms with Crippen LogP contribution in [0.4, 0.5) is 11.6 Å². The van der Waals surface area contributed by atoms with Gasteiger partial charge < -0.3 is 10.5 Å². The van der Waals surface area contributed by atoms with Gasteiger partial charge in [0, 0.05) is 12.0 Å². The maximum atomic E-state index is 6.31. The number of nitrogens with two attached hydrogens (primary N) is 2. The molecule has 1 aliphatic heterocycles. The van der Waals surface area contributed by atoms with E-state index in [-0.39, 0.29) is 7.92 Å². The SMILES string of the molecule is CP(C)c1ccc(-c2cnc(N)c(N(N)Cc3ccc4c(c3)CCO4)n2)cc1. The molecule has 1 aliphatic rings. The third-order valence-corrected chi connectivity index (χ3v) is 6.17. The Hall–Kier alpha value is -2.69. The van der Waals surface area contributed by atoms with E-state index in [0.29, 0.717) is 18.2 Å². The van der Waals surface area contributed by atoms with Gasteiger partial charge in [0.15, 0.2) is 11.6 Å². The predicted octanol–water partition coefficient (Wildman–Crippen LogP) is 2.91. The summed E-state index contributed by atoms with van der Waals surface area (Å²) in [4.78, 5) is 8.99. The standard InChI is InChI=1S/C21H24N5OP/c1-28(2)17-6-4-15(5-7-17)18-12-24-20(22)21(25-18)26(23)13-14-3-8-19-16(11-14)9-10-27-19/h3-8,11-12H,9-10,13,23H2,1-2H3,(H2,22,24). The van der Waals surface area contributed by atoms with E-state index in [1.54, 1.807) is 11.2 Å². The van der Waals surface area contributed by atoms with Gasteiger partial charge in [-0.3, -0.25) is 5.01 Å². The largest absolute Gasteiger partial charge is 0.493 e. The second-order valence-electron chi connectivity index (χ2n) is 7.07. The van der Waals surface area contributed by atoms with E-state index in [1.807, 2.05) is 12.1 Å². The molecule has 1 aromatic heterocycles. The molecule has 28 heavy (non-hydrogen) atoms. The van der Waals surface area contributed by atoms with E-state index in [9.17, 15) is 0 Å². The quantitative estimate of drug-likeness (QED) is 0.394. The second-order valence-corrected chi connectivity index (χ2v) is 9.38. The van der Waals surface area contributed by atoms with Gasteiger partial charge in [0.1, 0.15) is 5.75 Å².